The van der Waals surface area contributed by atoms with E-state index in [0.29, 0.717) is 24.3 Å². The third-order valence-electron chi connectivity index (χ3n) is 5.22. The molecule has 0 fully saturated rings. The maximum absolute atomic E-state index is 11.8. The van der Waals surface area contributed by atoms with Gasteiger partial charge in [-0.15, -0.1) is 0 Å². The van der Waals surface area contributed by atoms with Crippen LogP contribution in [0.3, 0.4) is 0 Å². The quantitative estimate of drug-likeness (QED) is 0.308. The SMILES string of the molecule is CCC(OC(CC)c1cc(OC)c(OC)cc1[N+](=O)[O-])c1cc(OC)c(OC)cc1[N+](=O)[O-]. The molecule has 0 aliphatic heterocycles. The molecule has 0 heterocycles. The molecule has 0 N–H and O–H groups in total. The predicted octanol–water partition coefficient (Wildman–Crippen LogP) is 5.16. The lowest BCUT2D eigenvalue weighted by atomic mass is 10.0. The predicted molar refractivity (Wildman–Crippen MR) is 120 cm³/mol. The Hall–Kier alpha value is -3.60. The molecular weight excluding hydrogens is 436 g/mol. The van der Waals surface area contributed by atoms with Crippen LogP contribution in [0.2, 0.25) is 0 Å². The van der Waals surface area contributed by atoms with E-state index in [2.05, 4.69) is 0 Å². The molecule has 0 spiro atoms. The van der Waals surface area contributed by atoms with Crippen molar-refractivity contribution in [3.63, 3.8) is 0 Å². The van der Waals surface area contributed by atoms with Gasteiger partial charge in [-0.05, 0) is 25.0 Å². The van der Waals surface area contributed by atoms with Crippen LogP contribution in [0.5, 0.6) is 23.0 Å². The number of methoxy groups -OCH3 is 4. The summed E-state index contributed by atoms with van der Waals surface area (Å²) in [7, 11) is 5.63. The average molecular weight is 464 g/mol. The fraction of sp³-hybridized carbons (Fsp3) is 0.455. The highest BCUT2D eigenvalue weighted by molar-refractivity contribution is 5.56. The molecule has 0 aliphatic rings. The molecule has 2 aromatic rings. The number of nitrogens with zero attached hydrogens (tertiary/aromatic N) is 2. The van der Waals surface area contributed by atoms with Crippen LogP contribution >= 0.6 is 0 Å². The average Bonchev–Trinajstić information content (AvgIpc) is 2.82. The smallest absolute Gasteiger partial charge is 0.279 e. The number of rotatable bonds is 12. The van der Waals surface area contributed by atoms with Crippen LogP contribution in [0.15, 0.2) is 24.3 Å². The molecule has 0 aromatic heterocycles. The first-order chi connectivity index (χ1) is 15.8. The van der Waals surface area contributed by atoms with Gasteiger partial charge in [0.05, 0.1) is 73.8 Å². The van der Waals surface area contributed by atoms with Crippen LogP contribution in [0.25, 0.3) is 0 Å². The lowest BCUT2D eigenvalue weighted by molar-refractivity contribution is -0.387. The standard InChI is InChI=1S/C22H28N2O9/c1-7-17(13-9-19(29-3)21(31-5)11-15(13)23(25)26)33-18(8-2)14-10-20(30-4)22(32-6)12-16(14)24(27)28/h9-12,17-18H,7-8H2,1-6H3. The van der Waals surface area contributed by atoms with Crippen molar-refractivity contribution in [2.75, 3.05) is 28.4 Å². The third-order valence-corrected chi connectivity index (χ3v) is 5.22. The number of nitro groups is 2. The van der Waals surface area contributed by atoms with Crippen LogP contribution in [0.1, 0.15) is 50.0 Å². The van der Waals surface area contributed by atoms with Gasteiger partial charge in [0.15, 0.2) is 23.0 Å². The number of ether oxygens (including phenoxy) is 5. The fourth-order valence-corrected chi connectivity index (χ4v) is 3.58. The van der Waals surface area contributed by atoms with E-state index in [9.17, 15) is 20.2 Å². The van der Waals surface area contributed by atoms with Crippen molar-refractivity contribution in [1.29, 1.82) is 0 Å². The molecule has 2 atom stereocenters. The van der Waals surface area contributed by atoms with Gasteiger partial charge in [0, 0.05) is 0 Å². The van der Waals surface area contributed by atoms with Gasteiger partial charge in [0.25, 0.3) is 11.4 Å². The van der Waals surface area contributed by atoms with Crippen molar-refractivity contribution in [3.8, 4) is 23.0 Å². The molecule has 0 bridgehead atoms. The van der Waals surface area contributed by atoms with E-state index >= 15 is 0 Å². The van der Waals surface area contributed by atoms with Crippen LogP contribution < -0.4 is 18.9 Å². The minimum atomic E-state index is -0.747. The Morgan fingerprint density at radius 2 is 0.970 bits per heavy atom. The first kappa shape index (κ1) is 25.7. The van der Waals surface area contributed by atoms with Gasteiger partial charge >= 0.3 is 0 Å². The highest BCUT2D eigenvalue weighted by atomic mass is 16.6. The first-order valence-electron chi connectivity index (χ1n) is 10.2. The monoisotopic (exact) mass is 464 g/mol. The van der Waals surface area contributed by atoms with Crippen molar-refractivity contribution in [2.24, 2.45) is 0 Å². The van der Waals surface area contributed by atoms with Crippen molar-refractivity contribution in [1.82, 2.24) is 0 Å². The molecule has 11 nitrogen and oxygen atoms in total. The highest BCUT2D eigenvalue weighted by Gasteiger charge is 2.31. The molecule has 2 aromatic carbocycles. The molecule has 11 heteroatoms. The number of hydrogen-bond acceptors (Lipinski definition) is 9. The van der Waals surface area contributed by atoms with E-state index in [-0.39, 0.29) is 34.0 Å². The van der Waals surface area contributed by atoms with Gasteiger partial charge in [-0.1, -0.05) is 13.8 Å². The Morgan fingerprint density at radius 1 is 0.667 bits per heavy atom. The van der Waals surface area contributed by atoms with Crippen molar-refractivity contribution < 1.29 is 33.5 Å². The minimum Gasteiger partial charge on any atom is -0.493 e. The summed E-state index contributed by atoms with van der Waals surface area (Å²) in [6.45, 7) is 3.61. The van der Waals surface area contributed by atoms with Crippen molar-refractivity contribution in [2.45, 2.75) is 38.9 Å². The topological polar surface area (TPSA) is 132 Å². The van der Waals surface area contributed by atoms with Crippen LogP contribution in [0.4, 0.5) is 11.4 Å². The van der Waals surface area contributed by atoms with Gasteiger partial charge in [-0.3, -0.25) is 20.2 Å². The van der Waals surface area contributed by atoms with Crippen molar-refractivity contribution in [3.05, 3.63) is 55.6 Å². The van der Waals surface area contributed by atoms with Gasteiger partial charge in [0.1, 0.15) is 0 Å². The molecule has 0 amide bonds. The Bertz CT molecular complexity index is 930. The number of hydrogen-bond donors (Lipinski definition) is 0. The highest BCUT2D eigenvalue weighted by Crippen LogP contribution is 2.44. The van der Waals surface area contributed by atoms with Crippen LogP contribution in [-0.2, 0) is 4.74 Å². The molecule has 0 saturated carbocycles. The van der Waals surface area contributed by atoms with E-state index in [0.717, 1.165) is 0 Å². The summed E-state index contributed by atoms with van der Waals surface area (Å²) in [5.74, 6) is 1.05. The summed E-state index contributed by atoms with van der Waals surface area (Å²) in [6.07, 6.45) is -0.757. The summed E-state index contributed by atoms with van der Waals surface area (Å²) in [4.78, 5) is 22.5. The Balaban J connectivity index is 2.60. The lowest BCUT2D eigenvalue weighted by Crippen LogP contribution is -2.13. The van der Waals surface area contributed by atoms with E-state index in [1.165, 1.54) is 52.7 Å². The maximum Gasteiger partial charge on any atom is 0.279 e. The molecule has 2 rings (SSSR count). The Morgan fingerprint density at radius 3 is 1.21 bits per heavy atom. The second-order valence-electron chi connectivity index (χ2n) is 6.98. The molecular formula is C22H28N2O9. The largest absolute Gasteiger partial charge is 0.493 e. The Labute approximate surface area is 191 Å². The molecule has 180 valence electrons. The second-order valence-corrected chi connectivity index (χ2v) is 6.98. The van der Waals surface area contributed by atoms with Crippen LogP contribution in [-0.4, -0.2) is 38.3 Å². The summed E-state index contributed by atoms with van der Waals surface area (Å²) >= 11 is 0. The van der Waals surface area contributed by atoms with Crippen molar-refractivity contribution >= 4 is 11.4 Å². The van der Waals surface area contributed by atoms with Gasteiger partial charge in [-0.2, -0.15) is 0 Å². The zero-order valence-electron chi connectivity index (χ0n) is 19.4. The zero-order chi connectivity index (χ0) is 24.7. The van der Waals surface area contributed by atoms with Gasteiger partial charge < -0.3 is 23.7 Å². The fourth-order valence-electron chi connectivity index (χ4n) is 3.58. The van der Waals surface area contributed by atoms with E-state index < -0.39 is 22.1 Å². The minimum absolute atomic E-state index is 0.198. The summed E-state index contributed by atoms with van der Waals surface area (Å²) in [5, 5.41) is 23.5. The number of nitro benzene ring substituents is 2. The summed E-state index contributed by atoms with van der Waals surface area (Å²) in [5.41, 5.74) is 0.163. The zero-order valence-corrected chi connectivity index (χ0v) is 19.4. The third kappa shape index (κ3) is 5.43. The number of benzene rings is 2. The van der Waals surface area contributed by atoms with Crippen LogP contribution in [0, 0.1) is 20.2 Å². The molecule has 33 heavy (non-hydrogen) atoms. The van der Waals surface area contributed by atoms with Gasteiger partial charge in [-0.25, -0.2) is 0 Å². The molecule has 0 radical (unpaired) electrons. The van der Waals surface area contributed by atoms with E-state index in [1.54, 1.807) is 13.8 Å². The Kier molecular flexibility index (Phi) is 8.80. The first-order valence-corrected chi connectivity index (χ1v) is 10.2. The summed E-state index contributed by atoms with van der Waals surface area (Å²) < 4.78 is 27.2. The molecule has 0 saturated heterocycles. The lowest BCUT2D eigenvalue weighted by Gasteiger charge is -2.25. The maximum atomic E-state index is 11.8. The van der Waals surface area contributed by atoms with E-state index in [1.807, 2.05) is 0 Å². The van der Waals surface area contributed by atoms with Gasteiger partial charge in [0.2, 0.25) is 0 Å². The van der Waals surface area contributed by atoms with E-state index in [4.69, 9.17) is 23.7 Å². The normalized spacial score (nSPS) is 12.5. The summed E-state index contributed by atoms with van der Waals surface area (Å²) in [6, 6.07) is 5.56. The molecule has 0 aliphatic carbocycles. The molecule has 2 unspecified atom stereocenters. The second kappa shape index (κ2) is 11.3.